The number of carbonyl (C=O) groups excluding carboxylic acids is 1. The molecule has 1 aromatic heterocycles. The molecule has 0 bridgehead atoms. The molecule has 0 unspecified atom stereocenters. The predicted molar refractivity (Wildman–Crippen MR) is 121 cm³/mol. The molecule has 0 fully saturated rings. The minimum atomic E-state index is -0.659. The Morgan fingerprint density at radius 2 is 1.70 bits per heavy atom. The zero-order chi connectivity index (χ0) is 21.5. The van der Waals surface area contributed by atoms with Gasteiger partial charge in [-0.25, -0.2) is 4.79 Å². The highest BCUT2D eigenvalue weighted by molar-refractivity contribution is 8.00. The SMILES string of the molecule is CCCN(C(=O)CSc1ccccc1)c1c(N)n(Cc2ccccc2)c(=O)[nH]c1=O. The van der Waals surface area contributed by atoms with Crippen LogP contribution in [0.4, 0.5) is 11.5 Å². The average Bonchev–Trinajstić information content (AvgIpc) is 2.75. The monoisotopic (exact) mass is 424 g/mol. The van der Waals surface area contributed by atoms with Gasteiger partial charge >= 0.3 is 5.69 Å². The Morgan fingerprint density at radius 3 is 2.33 bits per heavy atom. The highest BCUT2D eigenvalue weighted by Crippen LogP contribution is 2.22. The number of thioether (sulfide) groups is 1. The Bertz CT molecular complexity index is 1110. The van der Waals surface area contributed by atoms with Crippen molar-refractivity contribution in [1.29, 1.82) is 0 Å². The maximum Gasteiger partial charge on any atom is 0.330 e. The maximum atomic E-state index is 13.0. The van der Waals surface area contributed by atoms with Crippen molar-refractivity contribution in [3.8, 4) is 0 Å². The number of anilines is 2. The Balaban J connectivity index is 1.93. The molecule has 30 heavy (non-hydrogen) atoms. The van der Waals surface area contributed by atoms with Gasteiger partial charge < -0.3 is 10.6 Å². The zero-order valence-corrected chi connectivity index (χ0v) is 17.5. The molecule has 0 saturated carbocycles. The lowest BCUT2D eigenvalue weighted by atomic mass is 10.2. The summed E-state index contributed by atoms with van der Waals surface area (Å²) < 4.78 is 1.28. The molecule has 1 heterocycles. The summed E-state index contributed by atoms with van der Waals surface area (Å²) in [6.07, 6.45) is 0.637. The first kappa shape index (κ1) is 21.4. The fourth-order valence-electron chi connectivity index (χ4n) is 3.09. The van der Waals surface area contributed by atoms with Crippen LogP contribution in [0.1, 0.15) is 18.9 Å². The number of H-pyrrole nitrogens is 1. The van der Waals surface area contributed by atoms with Gasteiger partial charge in [-0.3, -0.25) is 19.1 Å². The molecule has 2 aromatic carbocycles. The van der Waals surface area contributed by atoms with E-state index in [0.29, 0.717) is 13.0 Å². The Hall–Kier alpha value is -3.26. The number of nitrogens with two attached hydrogens (primary N) is 1. The zero-order valence-electron chi connectivity index (χ0n) is 16.7. The summed E-state index contributed by atoms with van der Waals surface area (Å²) in [6.45, 7) is 2.43. The van der Waals surface area contributed by atoms with Crippen LogP contribution in [-0.4, -0.2) is 27.8 Å². The van der Waals surface area contributed by atoms with Gasteiger partial charge in [0.25, 0.3) is 5.56 Å². The first-order valence-electron chi connectivity index (χ1n) is 9.66. The average molecular weight is 425 g/mol. The molecule has 0 saturated heterocycles. The molecule has 7 nitrogen and oxygen atoms in total. The van der Waals surface area contributed by atoms with Crippen LogP contribution in [0.15, 0.2) is 75.1 Å². The smallest absolute Gasteiger partial charge is 0.330 e. The van der Waals surface area contributed by atoms with E-state index in [4.69, 9.17) is 5.73 Å². The number of nitrogens with one attached hydrogen (secondary N) is 1. The molecular weight excluding hydrogens is 400 g/mol. The van der Waals surface area contributed by atoms with Crippen molar-refractivity contribution in [3.05, 3.63) is 87.1 Å². The molecular formula is C22H24N4O3S. The quantitative estimate of drug-likeness (QED) is 0.542. The number of hydrogen-bond donors (Lipinski definition) is 2. The first-order valence-corrected chi connectivity index (χ1v) is 10.6. The van der Waals surface area contributed by atoms with Crippen molar-refractivity contribution in [3.63, 3.8) is 0 Å². The van der Waals surface area contributed by atoms with Gasteiger partial charge in [0.15, 0.2) is 5.69 Å². The molecule has 1 amide bonds. The molecule has 0 atom stereocenters. The lowest BCUT2D eigenvalue weighted by molar-refractivity contribution is -0.116. The van der Waals surface area contributed by atoms with Crippen LogP contribution in [0.5, 0.6) is 0 Å². The van der Waals surface area contributed by atoms with Gasteiger partial charge in [-0.15, -0.1) is 11.8 Å². The van der Waals surface area contributed by atoms with E-state index in [-0.39, 0.29) is 29.7 Å². The summed E-state index contributed by atoms with van der Waals surface area (Å²) >= 11 is 1.39. The second kappa shape index (κ2) is 9.98. The minimum Gasteiger partial charge on any atom is -0.383 e. The number of aromatic amines is 1. The first-order chi connectivity index (χ1) is 14.5. The number of nitrogen functional groups attached to an aromatic ring is 1. The van der Waals surface area contributed by atoms with Gasteiger partial charge in [-0.2, -0.15) is 0 Å². The molecule has 3 N–H and O–H groups in total. The molecule has 156 valence electrons. The van der Waals surface area contributed by atoms with Crippen molar-refractivity contribution in [2.45, 2.75) is 24.8 Å². The van der Waals surface area contributed by atoms with Gasteiger partial charge in [-0.1, -0.05) is 55.5 Å². The summed E-state index contributed by atoms with van der Waals surface area (Å²) in [5.41, 5.74) is 5.87. The van der Waals surface area contributed by atoms with Crippen LogP contribution in [-0.2, 0) is 11.3 Å². The molecule has 3 aromatic rings. The van der Waals surface area contributed by atoms with Gasteiger partial charge in [-0.05, 0) is 24.1 Å². The normalized spacial score (nSPS) is 10.7. The van der Waals surface area contributed by atoms with E-state index in [1.165, 1.54) is 21.2 Å². The number of aromatic nitrogens is 2. The van der Waals surface area contributed by atoms with E-state index >= 15 is 0 Å². The summed E-state index contributed by atoms with van der Waals surface area (Å²) in [5, 5.41) is 0. The lowest BCUT2D eigenvalue weighted by Crippen LogP contribution is -2.42. The Kier molecular flexibility index (Phi) is 7.13. The van der Waals surface area contributed by atoms with Crippen molar-refractivity contribution >= 4 is 29.2 Å². The maximum absolute atomic E-state index is 13.0. The van der Waals surface area contributed by atoms with E-state index in [1.807, 2.05) is 67.6 Å². The molecule has 0 spiro atoms. The fraction of sp³-hybridized carbons (Fsp3) is 0.227. The molecule has 0 aliphatic carbocycles. The number of amides is 1. The second-order valence-electron chi connectivity index (χ2n) is 6.71. The second-order valence-corrected chi connectivity index (χ2v) is 7.76. The van der Waals surface area contributed by atoms with Gasteiger partial charge in [0.05, 0.1) is 12.3 Å². The van der Waals surface area contributed by atoms with E-state index in [1.54, 1.807) is 0 Å². The van der Waals surface area contributed by atoms with Crippen molar-refractivity contribution in [1.82, 2.24) is 9.55 Å². The van der Waals surface area contributed by atoms with Gasteiger partial charge in [0, 0.05) is 11.4 Å². The molecule has 3 rings (SSSR count). The van der Waals surface area contributed by atoms with Crippen LogP contribution < -0.4 is 21.9 Å². The van der Waals surface area contributed by atoms with E-state index in [0.717, 1.165) is 10.5 Å². The summed E-state index contributed by atoms with van der Waals surface area (Å²) in [4.78, 5) is 42.6. The van der Waals surface area contributed by atoms with E-state index < -0.39 is 11.2 Å². The number of nitrogens with zero attached hydrogens (tertiary/aromatic N) is 2. The molecule has 0 aliphatic heterocycles. The van der Waals surface area contributed by atoms with Crippen LogP contribution in [0.25, 0.3) is 0 Å². The van der Waals surface area contributed by atoms with Crippen molar-refractivity contribution < 1.29 is 4.79 Å². The van der Waals surface area contributed by atoms with Crippen LogP contribution in [0.3, 0.4) is 0 Å². The Morgan fingerprint density at radius 1 is 1.07 bits per heavy atom. The van der Waals surface area contributed by atoms with Crippen LogP contribution >= 0.6 is 11.8 Å². The number of rotatable bonds is 8. The predicted octanol–water partition coefficient (Wildman–Crippen LogP) is 2.70. The standard InChI is InChI=1S/C22H24N4O3S/c1-2-13-25(18(27)15-30-17-11-7-4-8-12-17)19-20(23)26(22(29)24-21(19)28)14-16-9-5-3-6-10-16/h3-12H,2,13-15,23H2,1H3,(H,24,28,29). The lowest BCUT2D eigenvalue weighted by Gasteiger charge is -2.24. The molecule has 8 heteroatoms. The van der Waals surface area contributed by atoms with Crippen molar-refractivity contribution in [2.24, 2.45) is 0 Å². The third-order valence-corrected chi connectivity index (χ3v) is 5.52. The third-order valence-electron chi connectivity index (χ3n) is 4.52. The fourth-order valence-corrected chi connectivity index (χ4v) is 3.88. The van der Waals surface area contributed by atoms with Gasteiger partial charge in [0.2, 0.25) is 5.91 Å². The minimum absolute atomic E-state index is 0.0147. The number of carbonyl (C=O) groups is 1. The van der Waals surface area contributed by atoms with Crippen LogP contribution in [0, 0.1) is 0 Å². The van der Waals surface area contributed by atoms with E-state index in [9.17, 15) is 14.4 Å². The third kappa shape index (κ3) is 5.01. The van der Waals surface area contributed by atoms with Crippen molar-refractivity contribution in [2.75, 3.05) is 22.9 Å². The highest BCUT2D eigenvalue weighted by atomic mass is 32.2. The van der Waals surface area contributed by atoms with Crippen LogP contribution in [0.2, 0.25) is 0 Å². The van der Waals surface area contributed by atoms with Gasteiger partial charge in [0.1, 0.15) is 5.82 Å². The topological polar surface area (TPSA) is 101 Å². The largest absolute Gasteiger partial charge is 0.383 e. The Labute approximate surface area is 178 Å². The van der Waals surface area contributed by atoms with E-state index in [2.05, 4.69) is 4.98 Å². The summed E-state index contributed by atoms with van der Waals surface area (Å²) in [6, 6.07) is 18.9. The number of hydrogen-bond acceptors (Lipinski definition) is 5. The highest BCUT2D eigenvalue weighted by Gasteiger charge is 2.23. The molecule has 0 radical (unpaired) electrons. The molecule has 0 aliphatic rings. The summed E-state index contributed by atoms with van der Waals surface area (Å²) in [5.74, 6) is -0.104. The number of benzene rings is 2. The summed E-state index contributed by atoms with van der Waals surface area (Å²) in [7, 11) is 0.